The van der Waals surface area contributed by atoms with Crippen LogP contribution in [0.4, 0.5) is 0 Å². The van der Waals surface area contributed by atoms with E-state index in [1.54, 1.807) is 7.11 Å². The quantitative estimate of drug-likeness (QED) is 0.466. The molecule has 0 bridgehead atoms. The summed E-state index contributed by atoms with van der Waals surface area (Å²) < 4.78 is 4.91. The van der Waals surface area contributed by atoms with E-state index in [1.807, 2.05) is 12.2 Å². The third-order valence-corrected chi connectivity index (χ3v) is 0.999. The molecule has 1 rings (SSSR count). The monoisotopic (exact) mass is 120 g/mol. The Balaban J connectivity index is 0.000000490. The van der Waals surface area contributed by atoms with Crippen LogP contribution in [-0.2, 0) is 4.74 Å². The summed E-state index contributed by atoms with van der Waals surface area (Å²) in [6, 6.07) is 0. The topological polar surface area (TPSA) is 9.23 Å². The molecular formula is C6H9NaO. The Morgan fingerprint density at radius 3 is 2.62 bits per heavy atom. The summed E-state index contributed by atoms with van der Waals surface area (Å²) in [4.78, 5) is 0. The summed E-state index contributed by atoms with van der Waals surface area (Å²) in [5.41, 5.74) is 0. The number of ether oxygens (including phenoxy) is 1. The summed E-state index contributed by atoms with van der Waals surface area (Å²) in [7, 11) is 1.69. The molecule has 1 nitrogen and oxygen atoms in total. The van der Waals surface area contributed by atoms with Gasteiger partial charge in [-0.2, -0.15) is 0 Å². The molecule has 0 fully saturated rings. The van der Waals surface area contributed by atoms with Crippen LogP contribution >= 0.6 is 0 Å². The molecule has 0 amide bonds. The van der Waals surface area contributed by atoms with Crippen molar-refractivity contribution in [2.24, 2.45) is 0 Å². The van der Waals surface area contributed by atoms with Gasteiger partial charge in [0.05, 0.1) is 12.9 Å². The molecule has 2 heteroatoms. The summed E-state index contributed by atoms with van der Waals surface area (Å²) in [5, 5.41) is 0. The molecule has 0 aromatic heterocycles. The number of hydrogen-bond donors (Lipinski definition) is 0. The third kappa shape index (κ3) is 2.03. The van der Waals surface area contributed by atoms with Gasteiger partial charge in [0.15, 0.2) is 0 Å². The molecule has 0 aliphatic heterocycles. The summed E-state index contributed by atoms with van der Waals surface area (Å²) in [5.74, 6) is 1.06. The zero-order valence-corrected chi connectivity index (χ0v) is 4.35. The van der Waals surface area contributed by atoms with Crippen molar-refractivity contribution in [3.05, 3.63) is 24.0 Å². The number of allylic oxidation sites excluding steroid dienone is 3. The maximum atomic E-state index is 4.91. The summed E-state index contributed by atoms with van der Waals surface area (Å²) >= 11 is 0. The van der Waals surface area contributed by atoms with Crippen LogP contribution in [0.1, 0.15) is 6.42 Å². The first-order chi connectivity index (χ1) is 3.43. The van der Waals surface area contributed by atoms with E-state index in [2.05, 4.69) is 6.08 Å². The molecule has 0 unspecified atom stereocenters. The van der Waals surface area contributed by atoms with E-state index in [9.17, 15) is 0 Å². The van der Waals surface area contributed by atoms with E-state index >= 15 is 0 Å². The average Bonchev–Trinajstić information content (AvgIpc) is 2.14. The number of hydrogen-bond acceptors (Lipinski definition) is 1. The van der Waals surface area contributed by atoms with Gasteiger partial charge in [0.2, 0.25) is 0 Å². The Bertz CT molecular complexity index is 116. The first-order valence-corrected chi connectivity index (χ1v) is 2.33. The maximum absolute atomic E-state index is 4.91. The van der Waals surface area contributed by atoms with E-state index in [0.29, 0.717) is 0 Å². The second-order valence-electron chi connectivity index (χ2n) is 1.47. The van der Waals surface area contributed by atoms with Crippen molar-refractivity contribution in [3.8, 4) is 0 Å². The fourth-order valence-corrected chi connectivity index (χ4v) is 0.579. The van der Waals surface area contributed by atoms with Gasteiger partial charge in [0, 0.05) is 6.42 Å². The van der Waals surface area contributed by atoms with E-state index in [0.717, 1.165) is 12.2 Å². The van der Waals surface area contributed by atoms with Gasteiger partial charge in [-0.25, -0.2) is 0 Å². The molecule has 0 aromatic rings. The number of methoxy groups -OCH3 is 1. The van der Waals surface area contributed by atoms with Gasteiger partial charge in [-0.3, -0.25) is 0 Å². The van der Waals surface area contributed by atoms with Crippen molar-refractivity contribution in [1.82, 2.24) is 0 Å². The first kappa shape index (κ1) is 8.28. The van der Waals surface area contributed by atoms with Crippen molar-refractivity contribution in [2.45, 2.75) is 6.42 Å². The molecule has 0 saturated heterocycles. The molecule has 0 heterocycles. The van der Waals surface area contributed by atoms with Gasteiger partial charge in [-0.15, -0.1) is 0 Å². The molecule has 1 aliphatic carbocycles. The molecule has 40 valence electrons. The van der Waals surface area contributed by atoms with Crippen LogP contribution < -0.4 is 0 Å². The van der Waals surface area contributed by atoms with E-state index in [-0.39, 0.29) is 29.6 Å². The normalized spacial score (nSPS) is 14.9. The molecule has 0 aromatic carbocycles. The predicted octanol–water partition coefficient (Wildman–Crippen LogP) is 0.828. The van der Waals surface area contributed by atoms with Gasteiger partial charge in [0.1, 0.15) is 0 Å². The van der Waals surface area contributed by atoms with Crippen molar-refractivity contribution >= 4 is 29.6 Å². The Hall–Kier alpha value is 0.280. The van der Waals surface area contributed by atoms with Crippen molar-refractivity contribution in [1.29, 1.82) is 0 Å². The van der Waals surface area contributed by atoms with Gasteiger partial charge in [-0.05, 0) is 6.08 Å². The van der Waals surface area contributed by atoms with Gasteiger partial charge < -0.3 is 4.74 Å². The second kappa shape index (κ2) is 4.19. The fraction of sp³-hybridized carbons (Fsp3) is 0.333. The standard InChI is InChI=1S/C6H8O.Na.H/c1-7-6-4-2-3-5-6;;/h2-4H,5H2,1H3;;. The number of rotatable bonds is 1. The van der Waals surface area contributed by atoms with Crippen LogP contribution in [0.15, 0.2) is 24.0 Å². The Morgan fingerprint density at radius 1 is 1.62 bits per heavy atom. The molecule has 1 aliphatic rings. The molecule has 0 radical (unpaired) electrons. The van der Waals surface area contributed by atoms with Gasteiger partial charge >= 0.3 is 29.6 Å². The summed E-state index contributed by atoms with van der Waals surface area (Å²) in [6.07, 6.45) is 7.01. The minimum atomic E-state index is 0. The molecule has 0 atom stereocenters. The zero-order valence-electron chi connectivity index (χ0n) is 4.35. The zero-order chi connectivity index (χ0) is 5.11. The van der Waals surface area contributed by atoms with Crippen molar-refractivity contribution in [2.75, 3.05) is 7.11 Å². The van der Waals surface area contributed by atoms with Gasteiger partial charge in [-0.1, -0.05) is 12.2 Å². The Labute approximate surface area is 71.7 Å². The molecule has 0 N–H and O–H groups in total. The van der Waals surface area contributed by atoms with Crippen LogP contribution in [0.25, 0.3) is 0 Å². The van der Waals surface area contributed by atoms with Gasteiger partial charge in [0.25, 0.3) is 0 Å². The van der Waals surface area contributed by atoms with Crippen molar-refractivity contribution < 1.29 is 4.74 Å². The van der Waals surface area contributed by atoms with Crippen LogP contribution in [0.5, 0.6) is 0 Å². The fourth-order valence-electron chi connectivity index (χ4n) is 0.579. The minimum absolute atomic E-state index is 0. The molecule has 0 saturated carbocycles. The third-order valence-electron chi connectivity index (χ3n) is 0.999. The second-order valence-corrected chi connectivity index (χ2v) is 1.47. The summed E-state index contributed by atoms with van der Waals surface area (Å²) in [6.45, 7) is 0. The van der Waals surface area contributed by atoms with Crippen molar-refractivity contribution in [3.63, 3.8) is 0 Å². The Morgan fingerprint density at radius 2 is 2.38 bits per heavy atom. The van der Waals surface area contributed by atoms with Crippen LogP contribution in [-0.4, -0.2) is 36.7 Å². The van der Waals surface area contributed by atoms with E-state index in [4.69, 9.17) is 4.74 Å². The SMILES string of the molecule is COC1=CC=CC1.[NaH]. The van der Waals surface area contributed by atoms with Crippen LogP contribution in [0, 0.1) is 0 Å². The average molecular weight is 120 g/mol. The van der Waals surface area contributed by atoms with E-state index in [1.165, 1.54) is 0 Å². The molecule has 8 heavy (non-hydrogen) atoms. The van der Waals surface area contributed by atoms with E-state index < -0.39 is 0 Å². The van der Waals surface area contributed by atoms with Crippen LogP contribution in [0.3, 0.4) is 0 Å². The first-order valence-electron chi connectivity index (χ1n) is 2.33. The van der Waals surface area contributed by atoms with Crippen LogP contribution in [0.2, 0.25) is 0 Å². The Kier molecular flexibility index (Phi) is 4.33. The predicted molar refractivity (Wildman–Crippen MR) is 36.0 cm³/mol. The molecule has 0 spiro atoms. The molecular weight excluding hydrogens is 111 g/mol.